The van der Waals surface area contributed by atoms with Gasteiger partial charge in [0.15, 0.2) is 0 Å². The molecule has 21 heavy (non-hydrogen) atoms. The Morgan fingerprint density at radius 1 is 1.24 bits per heavy atom. The standard InChI is InChI=1S/C15H24N2O3S/c1-10(2)7-15(18)16-14-9-13(8-11(3)12(14)4)21(19,20)17(5)6/h8-10H,7H2,1-6H3,(H,16,18). The summed E-state index contributed by atoms with van der Waals surface area (Å²) in [6, 6.07) is 3.15. The maximum Gasteiger partial charge on any atom is 0.242 e. The molecular weight excluding hydrogens is 288 g/mol. The third kappa shape index (κ3) is 4.28. The summed E-state index contributed by atoms with van der Waals surface area (Å²) in [7, 11) is -0.540. The first kappa shape index (κ1) is 17.7. The number of hydrogen-bond acceptors (Lipinski definition) is 3. The van der Waals surface area contributed by atoms with Gasteiger partial charge >= 0.3 is 0 Å². The second kappa shape index (κ2) is 6.58. The first-order valence-corrected chi connectivity index (χ1v) is 8.33. The Labute approximate surface area is 127 Å². The van der Waals surface area contributed by atoms with Gasteiger partial charge in [-0.3, -0.25) is 4.79 Å². The van der Waals surface area contributed by atoms with Crippen LogP contribution in [-0.2, 0) is 14.8 Å². The molecule has 6 heteroatoms. The second-order valence-corrected chi connectivity index (χ2v) is 8.00. The van der Waals surface area contributed by atoms with Crippen LogP contribution in [0.2, 0.25) is 0 Å². The molecule has 1 N–H and O–H groups in total. The average molecular weight is 312 g/mol. The van der Waals surface area contributed by atoms with Gasteiger partial charge in [0.05, 0.1) is 4.90 Å². The van der Waals surface area contributed by atoms with Gasteiger partial charge in [-0.2, -0.15) is 0 Å². The Kier molecular flexibility index (Phi) is 5.53. The molecule has 0 fully saturated rings. The van der Waals surface area contributed by atoms with Gasteiger partial charge in [-0.25, -0.2) is 12.7 Å². The van der Waals surface area contributed by atoms with E-state index < -0.39 is 10.0 Å². The third-order valence-corrected chi connectivity index (χ3v) is 5.08. The summed E-state index contributed by atoms with van der Waals surface area (Å²) in [5.74, 6) is 0.145. The molecule has 0 saturated carbocycles. The van der Waals surface area contributed by atoms with Gasteiger partial charge in [0.1, 0.15) is 0 Å². The minimum Gasteiger partial charge on any atom is -0.326 e. The van der Waals surface area contributed by atoms with Crippen molar-refractivity contribution in [3.05, 3.63) is 23.3 Å². The molecule has 5 nitrogen and oxygen atoms in total. The third-order valence-electron chi connectivity index (χ3n) is 3.29. The molecule has 0 saturated heterocycles. The molecule has 0 aliphatic carbocycles. The zero-order valence-corrected chi connectivity index (χ0v) is 14.3. The predicted octanol–water partition coefficient (Wildman–Crippen LogP) is 2.54. The summed E-state index contributed by atoms with van der Waals surface area (Å²) in [4.78, 5) is 12.1. The summed E-state index contributed by atoms with van der Waals surface area (Å²) in [5.41, 5.74) is 2.27. The number of amides is 1. The van der Waals surface area contributed by atoms with E-state index in [-0.39, 0.29) is 16.7 Å². The van der Waals surface area contributed by atoms with Crippen molar-refractivity contribution in [2.24, 2.45) is 5.92 Å². The number of hydrogen-bond donors (Lipinski definition) is 1. The summed E-state index contributed by atoms with van der Waals surface area (Å²) >= 11 is 0. The van der Waals surface area contributed by atoms with Gasteiger partial charge in [0.2, 0.25) is 15.9 Å². The highest BCUT2D eigenvalue weighted by Crippen LogP contribution is 2.25. The van der Waals surface area contributed by atoms with Crippen LogP contribution in [0.1, 0.15) is 31.4 Å². The van der Waals surface area contributed by atoms with E-state index in [9.17, 15) is 13.2 Å². The molecular formula is C15H24N2O3S. The number of sulfonamides is 1. The quantitative estimate of drug-likeness (QED) is 0.908. The van der Waals surface area contributed by atoms with Crippen molar-refractivity contribution in [3.63, 3.8) is 0 Å². The molecule has 1 amide bonds. The monoisotopic (exact) mass is 312 g/mol. The molecule has 0 unspecified atom stereocenters. The Balaban J connectivity index is 3.22. The maximum atomic E-state index is 12.2. The number of nitrogens with zero attached hydrogens (tertiary/aromatic N) is 1. The number of nitrogens with one attached hydrogen (secondary N) is 1. The Hall–Kier alpha value is -1.40. The van der Waals surface area contributed by atoms with Crippen LogP contribution in [0.3, 0.4) is 0 Å². The van der Waals surface area contributed by atoms with Gasteiger partial charge in [-0.05, 0) is 43.0 Å². The Bertz CT molecular complexity index is 635. The summed E-state index contributed by atoms with van der Waals surface area (Å²) in [6.45, 7) is 7.63. The van der Waals surface area contributed by atoms with E-state index in [1.165, 1.54) is 20.2 Å². The highest BCUT2D eigenvalue weighted by atomic mass is 32.2. The van der Waals surface area contributed by atoms with Crippen molar-refractivity contribution in [2.45, 2.75) is 39.0 Å². The molecule has 0 spiro atoms. The van der Waals surface area contributed by atoms with Crippen LogP contribution in [0.25, 0.3) is 0 Å². The van der Waals surface area contributed by atoms with Crippen LogP contribution < -0.4 is 5.32 Å². The summed E-state index contributed by atoms with van der Waals surface area (Å²) in [5, 5.41) is 2.81. The van der Waals surface area contributed by atoms with Crippen molar-refractivity contribution in [1.29, 1.82) is 0 Å². The van der Waals surface area contributed by atoms with E-state index in [2.05, 4.69) is 5.32 Å². The zero-order valence-electron chi connectivity index (χ0n) is 13.5. The second-order valence-electron chi connectivity index (χ2n) is 5.85. The van der Waals surface area contributed by atoms with Crippen molar-refractivity contribution < 1.29 is 13.2 Å². The average Bonchev–Trinajstić information content (AvgIpc) is 2.33. The van der Waals surface area contributed by atoms with Crippen LogP contribution in [0.4, 0.5) is 5.69 Å². The lowest BCUT2D eigenvalue weighted by molar-refractivity contribution is -0.116. The first-order valence-electron chi connectivity index (χ1n) is 6.89. The highest BCUT2D eigenvalue weighted by Gasteiger charge is 2.20. The topological polar surface area (TPSA) is 66.5 Å². The highest BCUT2D eigenvalue weighted by molar-refractivity contribution is 7.89. The van der Waals surface area contributed by atoms with E-state index >= 15 is 0 Å². The molecule has 1 rings (SSSR count). The van der Waals surface area contributed by atoms with Crippen LogP contribution in [0.5, 0.6) is 0 Å². The van der Waals surface area contributed by atoms with E-state index in [1.807, 2.05) is 27.7 Å². The zero-order chi connectivity index (χ0) is 16.4. The van der Waals surface area contributed by atoms with Gasteiger partial charge in [-0.15, -0.1) is 0 Å². The Morgan fingerprint density at radius 3 is 2.29 bits per heavy atom. The minimum atomic E-state index is -3.52. The Morgan fingerprint density at radius 2 is 1.81 bits per heavy atom. The molecule has 0 radical (unpaired) electrons. The number of benzene rings is 1. The SMILES string of the molecule is Cc1cc(S(=O)(=O)N(C)C)cc(NC(=O)CC(C)C)c1C. The first-order chi connectivity index (χ1) is 9.55. The smallest absolute Gasteiger partial charge is 0.242 e. The van der Waals surface area contributed by atoms with Gasteiger partial charge in [-0.1, -0.05) is 13.8 Å². The number of carbonyl (C=O) groups is 1. The van der Waals surface area contributed by atoms with E-state index in [4.69, 9.17) is 0 Å². The molecule has 0 aliphatic heterocycles. The lowest BCUT2D eigenvalue weighted by Crippen LogP contribution is -2.23. The summed E-state index contributed by atoms with van der Waals surface area (Å²) < 4.78 is 25.6. The molecule has 0 bridgehead atoms. The number of anilines is 1. The van der Waals surface area contributed by atoms with E-state index in [0.29, 0.717) is 12.1 Å². The largest absolute Gasteiger partial charge is 0.326 e. The molecule has 1 aromatic carbocycles. The lowest BCUT2D eigenvalue weighted by atomic mass is 10.1. The van der Waals surface area contributed by atoms with Crippen molar-refractivity contribution in [2.75, 3.05) is 19.4 Å². The van der Waals surface area contributed by atoms with Crippen molar-refractivity contribution in [1.82, 2.24) is 4.31 Å². The van der Waals surface area contributed by atoms with Crippen LogP contribution in [-0.4, -0.2) is 32.7 Å². The maximum absolute atomic E-state index is 12.2. The van der Waals surface area contributed by atoms with E-state index in [1.54, 1.807) is 6.07 Å². The normalized spacial score (nSPS) is 12.0. The molecule has 0 aromatic heterocycles. The van der Waals surface area contributed by atoms with Crippen LogP contribution in [0, 0.1) is 19.8 Å². The molecule has 118 valence electrons. The number of carbonyl (C=O) groups excluding carboxylic acids is 1. The van der Waals surface area contributed by atoms with Gasteiger partial charge in [0.25, 0.3) is 0 Å². The fourth-order valence-corrected chi connectivity index (χ4v) is 2.90. The van der Waals surface area contributed by atoms with Gasteiger partial charge < -0.3 is 5.32 Å². The molecule has 0 aliphatic rings. The minimum absolute atomic E-state index is 0.105. The van der Waals surface area contributed by atoms with Crippen LogP contribution >= 0.6 is 0 Å². The van der Waals surface area contributed by atoms with Crippen LogP contribution in [0.15, 0.2) is 17.0 Å². The van der Waals surface area contributed by atoms with E-state index in [0.717, 1.165) is 15.4 Å². The predicted molar refractivity (Wildman–Crippen MR) is 84.9 cm³/mol. The molecule has 0 heterocycles. The molecule has 0 atom stereocenters. The van der Waals surface area contributed by atoms with Gasteiger partial charge in [0, 0.05) is 26.2 Å². The molecule has 1 aromatic rings. The van der Waals surface area contributed by atoms with Crippen molar-refractivity contribution >= 4 is 21.6 Å². The fraction of sp³-hybridized carbons (Fsp3) is 0.533. The summed E-state index contributed by atoms with van der Waals surface area (Å²) in [6.07, 6.45) is 0.406. The fourth-order valence-electron chi connectivity index (χ4n) is 1.89. The van der Waals surface area contributed by atoms with Crippen molar-refractivity contribution in [3.8, 4) is 0 Å². The lowest BCUT2D eigenvalue weighted by Gasteiger charge is -2.16. The number of rotatable bonds is 5. The number of aryl methyl sites for hydroxylation is 1.